The highest BCUT2D eigenvalue weighted by molar-refractivity contribution is 6.10. The predicted molar refractivity (Wildman–Crippen MR) is 106 cm³/mol. The molecule has 3 aromatic carbocycles. The van der Waals surface area contributed by atoms with Gasteiger partial charge in [0.1, 0.15) is 11.6 Å². The number of benzene rings is 3. The highest BCUT2D eigenvalue weighted by Gasteiger charge is 2.18. The second-order valence-corrected chi connectivity index (χ2v) is 6.03. The summed E-state index contributed by atoms with van der Waals surface area (Å²) in [5, 5.41) is 29.4. The minimum atomic E-state index is -1.13. The lowest BCUT2D eigenvalue weighted by Gasteiger charge is -2.13. The molecule has 0 aliphatic heterocycles. The van der Waals surface area contributed by atoms with Crippen molar-refractivity contribution in [1.82, 2.24) is 0 Å². The van der Waals surface area contributed by atoms with Gasteiger partial charge in [0.05, 0.1) is 5.56 Å². The Balaban J connectivity index is 2.00. The molecule has 0 heterocycles. The molecule has 3 rings (SSSR count). The first-order valence-electron chi connectivity index (χ1n) is 8.28. The number of carboxylic acids is 1. The van der Waals surface area contributed by atoms with Gasteiger partial charge in [-0.3, -0.25) is 10.2 Å². The topological polar surface area (TPSA) is 136 Å². The molecule has 7 heteroatoms. The van der Waals surface area contributed by atoms with Crippen LogP contribution in [0.3, 0.4) is 0 Å². The van der Waals surface area contributed by atoms with Crippen LogP contribution in [-0.2, 0) is 0 Å². The Morgan fingerprint density at radius 2 is 1.57 bits per heavy atom. The van der Waals surface area contributed by atoms with Crippen LogP contribution >= 0.6 is 0 Å². The maximum atomic E-state index is 12.8. The number of nitrogen functional groups attached to an aromatic ring is 1. The van der Waals surface area contributed by atoms with Crippen molar-refractivity contribution in [3.63, 3.8) is 0 Å². The first kappa shape index (κ1) is 18.7. The summed E-state index contributed by atoms with van der Waals surface area (Å²) in [6.07, 6.45) is 0. The van der Waals surface area contributed by atoms with Crippen molar-refractivity contribution >= 4 is 23.4 Å². The summed E-state index contributed by atoms with van der Waals surface area (Å²) in [4.78, 5) is 24.4. The molecule has 28 heavy (non-hydrogen) atoms. The van der Waals surface area contributed by atoms with Gasteiger partial charge in [0.25, 0.3) is 5.91 Å². The molecule has 0 aliphatic rings. The third-order valence-electron chi connectivity index (χ3n) is 4.15. The quantitative estimate of drug-likeness (QED) is 0.344. The van der Waals surface area contributed by atoms with Crippen LogP contribution in [0.5, 0.6) is 5.75 Å². The van der Waals surface area contributed by atoms with E-state index in [2.05, 4.69) is 5.32 Å². The molecule has 0 bridgehead atoms. The van der Waals surface area contributed by atoms with Crippen LogP contribution in [0.25, 0.3) is 11.1 Å². The Hall–Kier alpha value is -4.13. The zero-order chi connectivity index (χ0) is 20.3. The number of hydrogen-bond donors (Lipinski definition) is 5. The molecule has 0 saturated heterocycles. The Labute approximate surface area is 160 Å². The maximum Gasteiger partial charge on any atom is 0.336 e. The van der Waals surface area contributed by atoms with Gasteiger partial charge >= 0.3 is 5.97 Å². The molecule has 7 nitrogen and oxygen atoms in total. The number of rotatable bonds is 5. The summed E-state index contributed by atoms with van der Waals surface area (Å²) in [6.45, 7) is 0. The second kappa shape index (κ2) is 7.63. The lowest BCUT2D eigenvalue weighted by Crippen LogP contribution is -2.14. The van der Waals surface area contributed by atoms with Crippen molar-refractivity contribution in [3.8, 4) is 16.9 Å². The molecular weight excluding hydrogens is 358 g/mol. The average molecular weight is 375 g/mol. The van der Waals surface area contributed by atoms with Crippen LogP contribution < -0.4 is 11.1 Å². The number of phenols is 1. The number of amides is 1. The van der Waals surface area contributed by atoms with Crippen molar-refractivity contribution in [2.24, 2.45) is 5.73 Å². The molecule has 1 amide bonds. The SMILES string of the molecule is N=C(N)c1ccc(NC(=O)c2ccc(O)cc2-c2ccccc2C(=O)O)cc1. The number of amidine groups is 1. The van der Waals surface area contributed by atoms with E-state index in [0.29, 0.717) is 22.4 Å². The van der Waals surface area contributed by atoms with Gasteiger partial charge in [-0.1, -0.05) is 18.2 Å². The largest absolute Gasteiger partial charge is 0.508 e. The Bertz CT molecular complexity index is 1080. The van der Waals surface area contributed by atoms with Crippen LogP contribution in [0.1, 0.15) is 26.3 Å². The molecule has 0 aromatic heterocycles. The predicted octanol–water partition coefficient (Wildman–Crippen LogP) is 3.29. The third kappa shape index (κ3) is 3.83. The lowest BCUT2D eigenvalue weighted by molar-refractivity contribution is 0.0697. The minimum Gasteiger partial charge on any atom is -0.508 e. The van der Waals surface area contributed by atoms with E-state index in [1.807, 2.05) is 0 Å². The normalized spacial score (nSPS) is 10.3. The summed E-state index contributed by atoms with van der Waals surface area (Å²) >= 11 is 0. The molecule has 3 aromatic rings. The number of nitrogens with one attached hydrogen (secondary N) is 2. The third-order valence-corrected chi connectivity index (χ3v) is 4.15. The van der Waals surface area contributed by atoms with Crippen LogP contribution in [0, 0.1) is 5.41 Å². The lowest BCUT2D eigenvalue weighted by atomic mass is 9.94. The zero-order valence-corrected chi connectivity index (χ0v) is 14.6. The van der Waals surface area contributed by atoms with Gasteiger partial charge in [0.2, 0.25) is 0 Å². The van der Waals surface area contributed by atoms with E-state index in [4.69, 9.17) is 11.1 Å². The molecule has 0 saturated carbocycles. The van der Waals surface area contributed by atoms with Crippen LogP contribution in [-0.4, -0.2) is 27.9 Å². The standard InChI is InChI=1S/C21H17N3O4/c22-19(23)12-5-7-13(8-6-12)24-20(26)16-10-9-14(25)11-18(16)15-3-1-2-4-17(15)21(27)28/h1-11,25H,(H3,22,23)(H,24,26)(H,27,28). The van der Waals surface area contributed by atoms with Crippen LogP contribution in [0.15, 0.2) is 66.7 Å². The molecule has 140 valence electrons. The van der Waals surface area contributed by atoms with Gasteiger partial charge in [-0.05, 0) is 59.7 Å². The van der Waals surface area contributed by atoms with E-state index in [0.717, 1.165) is 0 Å². The van der Waals surface area contributed by atoms with Crippen molar-refractivity contribution in [2.45, 2.75) is 0 Å². The number of aromatic carboxylic acids is 1. The number of carbonyl (C=O) groups excluding carboxylic acids is 1. The Morgan fingerprint density at radius 1 is 0.893 bits per heavy atom. The monoisotopic (exact) mass is 375 g/mol. The van der Waals surface area contributed by atoms with E-state index in [-0.39, 0.29) is 22.7 Å². The van der Waals surface area contributed by atoms with Gasteiger partial charge in [-0.15, -0.1) is 0 Å². The van der Waals surface area contributed by atoms with Gasteiger partial charge in [-0.2, -0.15) is 0 Å². The van der Waals surface area contributed by atoms with Crippen molar-refractivity contribution in [3.05, 3.63) is 83.4 Å². The number of nitrogens with two attached hydrogens (primary N) is 1. The van der Waals surface area contributed by atoms with E-state index < -0.39 is 11.9 Å². The fourth-order valence-electron chi connectivity index (χ4n) is 2.79. The fraction of sp³-hybridized carbons (Fsp3) is 0. The van der Waals surface area contributed by atoms with Crippen LogP contribution in [0.2, 0.25) is 0 Å². The smallest absolute Gasteiger partial charge is 0.336 e. The first-order valence-corrected chi connectivity index (χ1v) is 8.28. The molecule has 0 radical (unpaired) electrons. The van der Waals surface area contributed by atoms with E-state index >= 15 is 0 Å². The number of carboxylic acid groups (broad SMARTS) is 1. The first-order chi connectivity index (χ1) is 13.4. The van der Waals surface area contributed by atoms with E-state index in [9.17, 15) is 19.8 Å². The summed E-state index contributed by atoms with van der Waals surface area (Å²) < 4.78 is 0. The second-order valence-electron chi connectivity index (χ2n) is 6.03. The number of carbonyl (C=O) groups is 2. The van der Waals surface area contributed by atoms with Gasteiger partial charge in [0.15, 0.2) is 0 Å². The number of hydrogen-bond acceptors (Lipinski definition) is 4. The van der Waals surface area contributed by atoms with Gasteiger partial charge in [0, 0.05) is 16.8 Å². The Kier molecular flexibility index (Phi) is 5.08. The van der Waals surface area contributed by atoms with Crippen LogP contribution in [0.4, 0.5) is 5.69 Å². The summed E-state index contributed by atoms with van der Waals surface area (Å²) in [5.74, 6) is -1.77. The minimum absolute atomic E-state index is 0.0213. The molecule has 0 spiro atoms. The maximum absolute atomic E-state index is 12.8. The molecular formula is C21H17N3O4. The molecule has 0 unspecified atom stereocenters. The molecule has 0 atom stereocenters. The highest BCUT2D eigenvalue weighted by atomic mass is 16.4. The number of anilines is 1. The highest BCUT2D eigenvalue weighted by Crippen LogP contribution is 2.31. The fourth-order valence-corrected chi connectivity index (χ4v) is 2.79. The van der Waals surface area contributed by atoms with Gasteiger partial charge < -0.3 is 21.3 Å². The number of phenolic OH excluding ortho intramolecular Hbond substituents is 1. The van der Waals surface area contributed by atoms with Crippen molar-refractivity contribution < 1.29 is 19.8 Å². The van der Waals surface area contributed by atoms with Crippen molar-refractivity contribution in [1.29, 1.82) is 5.41 Å². The van der Waals surface area contributed by atoms with E-state index in [1.54, 1.807) is 42.5 Å². The molecule has 0 fully saturated rings. The average Bonchev–Trinajstić information content (AvgIpc) is 2.68. The zero-order valence-electron chi connectivity index (χ0n) is 14.6. The number of aromatic hydroxyl groups is 1. The molecule has 6 N–H and O–H groups in total. The van der Waals surface area contributed by atoms with Crippen molar-refractivity contribution in [2.75, 3.05) is 5.32 Å². The summed E-state index contributed by atoms with van der Waals surface area (Å²) in [6, 6.07) is 16.9. The van der Waals surface area contributed by atoms with E-state index in [1.165, 1.54) is 24.3 Å². The molecule has 0 aliphatic carbocycles. The van der Waals surface area contributed by atoms with Gasteiger partial charge in [-0.25, -0.2) is 4.79 Å². The summed E-state index contributed by atoms with van der Waals surface area (Å²) in [7, 11) is 0. The summed E-state index contributed by atoms with van der Waals surface area (Å²) in [5.41, 5.74) is 7.29. The Morgan fingerprint density at radius 3 is 2.21 bits per heavy atom.